The third kappa shape index (κ3) is 4.56. The van der Waals surface area contributed by atoms with Crippen LogP contribution in [-0.4, -0.2) is 28.9 Å². The highest BCUT2D eigenvalue weighted by Gasteiger charge is 2.27. The van der Waals surface area contributed by atoms with E-state index in [1.165, 1.54) is 11.3 Å². The second-order valence-electron chi connectivity index (χ2n) is 5.18. The predicted molar refractivity (Wildman–Crippen MR) is 86.3 cm³/mol. The van der Waals surface area contributed by atoms with Crippen LogP contribution in [0.5, 0.6) is 0 Å². The maximum absolute atomic E-state index is 12.4. The summed E-state index contributed by atoms with van der Waals surface area (Å²) in [5, 5.41) is 14.9. The fourth-order valence-electron chi connectivity index (χ4n) is 1.89. The Morgan fingerprint density at radius 1 is 1.32 bits per heavy atom. The van der Waals surface area contributed by atoms with Crippen molar-refractivity contribution in [1.82, 2.24) is 5.32 Å². The highest BCUT2D eigenvalue weighted by atomic mass is 32.1. The number of hydrogen-bond acceptors (Lipinski definition) is 4. The predicted octanol–water partition coefficient (Wildman–Crippen LogP) is 2.63. The van der Waals surface area contributed by atoms with Crippen molar-refractivity contribution in [2.75, 3.05) is 5.32 Å². The number of nitrogens with one attached hydrogen (secondary N) is 2. The molecule has 2 atom stereocenters. The summed E-state index contributed by atoms with van der Waals surface area (Å²) in [5.41, 5.74) is 0.304. The summed E-state index contributed by atoms with van der Waals surface area (Å²) in [5.74, 6) is -1.92. The number of thiophene rings is 1. The molecule has 7 heteroatoms. The Hall–Kier alpha value is -1.89. The van der Waals surface area contributed by atoms with Gasteiger partial charge in [-0.25, -0.2) is 4.79 Å². The summed E-state index contributed by atoms with van der Waals surface area (Å²) in [6.07, 6.45) is 0.946. The molecule has 1 heterocycles. The second kappa shape index (κ2) is 7.93. The van der Waals surface area contributed by atoms with Crippen molar-refractivity contribution in [3.05, 3.63) is 16.5 Å². The third-order valence-corrected chi connectivity index (χ3v) is 4.41. The average Bonchev–Trinajstić information content (AvgIpc) is 2.83. The van der Waals surface area contributed by atoms with E-state index in [9.17, 15) is 19.5 Å². The fourth-order valence-corrected chi connectivity index (χ4v) is 2.82. The first-order valence-electron chi connectivity index (χ1n) is 7.24. The van der Waals surface area contributed by atoms with Crippen molar-refractivity contribution < 1.29 is 19.5 Å². The van der Waals surface area contributed by atoms with Crippen LogP contribution in [0.15, 0.2) is 6.07 Å². The Morgan fingerprint density at radius 3 is 2.45 bits per heavy atom. The van der Waals surface area contributed by atoms with Crippen molar-refractivity contribution in [1.29, 1.82) is 0 Å². The highest BCUT2D eigenvalue weighted by Crippen LogP contribution is 2.28. The lowest BCUT2D eigenvalue weighted by Gasteiger charge is -2.20. The van der Waals surface area contributed by atoms with E-state index in [4.69, 9.17) is 0 Å². The minimum Gasteiger partial charge on any atom is -0.480 e. The van der Waals surface area contributed by atoms with E-state index in [2.05, 4.69) is 10.6 Å². The molecule has 3 N–H and O–H groups in total. The molecule has 0 fully saturated rings. The van der Waals surface area contributed by atoms with Crippen LogP contribution in [0.4, 0.5) is 5.00 Å². The van der Waals surface area contributed by atoms with Gasteiger partial charge in [-0.05, 0) is 18.9 Å². The van der Waals surface area contributed by atoms with E-state index < -0.39 is 17.9 Å². The zero-order valence-corrected chi connectivity index (χ0v) is 14.0. The van der Waals surface area contributed by atoms with Crippen LogP contribution < -0.4 is 10.6 Å². The van der Waals surface area contributed by atoms with Crippen molar-refractivity contribution in [3.63, 3.8) is 0 Å². The Morgan fingerprint density at radius 2 is 1.95 bits per heavy atom. The summed E-state index contributed by atoms with van der Waals surface area (Å²) in [6, 6.07) is 0.702. The summed E-state index contributed by atoms with van der Waals surface area (Å²) in [7, 11) is 0. The zero-order valence-electron chi connectivity index (χ0n) is 13.2. The number of carbonyl (C=O) groups is 3. The quantitative estimate of drug-likeness (QED) is 0.718. The van der Waals surface area contributed by atoms with Gasteiger partial charge in [-0.3, -0.25) is 9.59 Å². The molecule has 2 unspecified atom stereocenters. The van der Waals surface area contributed by atoms with Crippen LogP contribution in [0.2, 0.25) is 0 Å². The lowest BCUT2D eigenvalue weighted by Crippen LogP contribution is -2.45. The summed E-state index contributed by atoms with van der Waals surface area (Å²) < 4.78 is 0. The van der Waals surface area contributed by atoms with Crippen LogP contribution in [0, 0.1) is 12.8 Å². The van der Waals surface area contributed by atoms with Gasteiger partial charge in [-0.1, -0.05) is 27.2 Å². The van der Waals surface area contributed by atoms with Crippen LogP contribution in [0.1, 0.15) is 48.8 Å². The molecule has 0 aromatic carbocycles. The maximum Gasteiger partial charge on any atom is 0.326 e. The number of carboxylic acids is 1. The average molecular weight is 326 g/mol. The van der Waals surface area contributed by atoms with Gasteiger partial charge in [-0.15, -0.1) is 11.3 Å². The smallest absolute Gasteiger partial charge is 0.326 e. The first-order valence-corrected chi connectivity index (χ1v) is 8.05. The van der Waals surface area contributed by atoms with E-state index in [-0.39, 0.29) is 11.8 Å². The highest BCUT2D eigenvalue weighted by molar-refractivity contribution is 7.16. The molecule has 6 nitrogen and oxygen atoms in total. The van der Waals surface area contributed by atoms with Crippen molar-refractivity contribution >= 4 is 34.1 Å². The van der Waals surface area contributed by atoms with Gasteiger partial charge in [0.15, 0.2) is 0 Å². The Bertz CT molecular complexity index is 568. The van der Waals surface area contributed by atoms with E-state index in [0.29, 0.717) is 23.4 Å². The number of aryl methyl sites for hydroxylation is 1. The van der Waals surface area contributed by atoms with Crippen LogP contribution in [-0.2, 0) is 9.59 Å². The number of amides is 2. The zero-order chi connectivity index (χ0) is 16.9. The third-order valence-electron chi connectivity index (χ3n) is 3.44. The molecule has 0 radical (unpaired) electrons. The van der Waals surface area contributed by atoms with E-state index in [1.807, 2.05) is 13.8 Å². The van der Waals surface area contributed by atoms with Crippen molar-refractivity contribution in [2.24, 2.45) is 5.92 Å². The minimum atomic E-state index is -1.06. The SMILES string of the molecule is CCC(=O)Nc1sc(C)cc1C(=O)NC(C(=O)O)C(C)CC. The molecule has 0 spiro atoms. The van der Waals surface area contributed by atoms with Gasteiger partial charge >= 0.3 is 5.97 Å². The lowest BCUT2D eigenvalue weighted by molar-refractivity contribution is -0.140. The molecular weight excluding hydrogens is 304 g/mol. The van der Waals surface area contributed by atoms with Crippen LogP contribution in [0.25, 0.3) is 0 Å². The number of carbonyl (C=O) groups excluding carboxylic acids is 2. The first kappa shape index (κ1) is 18.2. The Kier molecular flexibility index (Phi) is 6.55. The molecule has 1 aromatic rings. The second-order valence-corrected chi connectivity index (χ2v) is 6.43. The summed E-state index contributed by atoms with van der Waals surface area (Å²) in [4.78, 5) is 36.1. The van der Waals surface area contributed by atoms with E-state index in [0.717, 1.165) is 4.88 Å². The normalized spacial score (nSPS) is 13.3. The van der Waals surface area contributed by atoms with Gasteiger partial charge in [0.05, 0.1) is 5.56 Å². The van der Waals surface area contributed by atoms with E-state index >= 15 is 0 Å². The number of carboxylic acid groups (broad SMARTS) is 1. The maximum atomic E-state index is 12.4. The van der Waals surface area contributed by atoms with Gasteiger partial charge in [-0.2, -0.15) is 0 Å². The Balaban J connectivity index is 2.97. The molecule has 1 rings (SSSR count). The monoisotopic (exact) mass is 326 g/mol. The van der Waals surface area contributed by atoms with Gasteiger partial charge in [0.2, 0.25) is 5.91 Å². The molecule has 0 aliphatic heterocycles. The van der Waals surface area contributed by atoms with Crippen molar-refractivity contribution in [3.8, 4) is 0 Å². The van der Waals surface area contributed by atoms with Gasteiger partial charge in [0, 0.05) is 11.3 Å². The van der Waals surface area contributed by atoms with Gasteiger partial charge in [0.25, 0.3) is 5.91 Å². The molecular formula is C15H22N2O4S. The van der Waals surface area contributed by atoms with Crippen LogP contribution >= 0.6 is 11.3 Å². The fraction of sp³-hybridized carbons (Fsp3) is 0.533. The van der Waals surface area contributed by atoms with Gasteiger partial charge in [0.1, 0.15) is 11.0 Å². The summed E-state index contributed by atoms with van der Waals surface area (Å²) >= 11 is 1.30. The van der Waals surface area contributed by atoms with Crippen LogP contribution in [0.3, 0.4) is 0 Å². The Labute approximate surface area is 133 Å². The van der Waals surface area contributed by atoms with Crippen molar-refractivity contribution in [2.45, 2.75) is 46.6 Å². The molecule has 0 saturated heterocycles. The summed E-state index contributed by atoms with van der Waals surface area (Å²) in [6.45, 7) is 7.19. The topological polar surface area (TPSA) is 95.5 Å². The number of aliphatic carboxylic acids is 1. The molecule has 122 valence electrons. The largest absolute Gasteiger partial charge is 0.480 e. The first-order chi connectivity index (χ1) is 10.3. The standard InChI is InChI=1S/C15H22N2O4S/c1-5-8(3)12(15(20)21)17-13(19)10-7-9(4)22-14(10)16-11(18)6-2/h7-8,12H,5-6H2,1-4H3,(H,16,18)(H,17,19)(H,20,21). The number of anilines is 1. The van der Waals surface area contributed by atoms with Gasteiger partial charge < -0.3 is 15.7 Å². The molecule has 0 bridgehead atoms. The number of rotatable bonds is 7. The molecule has 2 amide bonds. The lowest BCUT2D eigenvalue weighted by atomic mass is 9.99. The molecule has 22 heavy (non-hydrogen) atoms. The minimum absolute atomic E-state index is 0.185. The molecule has 1 aromatic heterocycles. The van der Waals surface area contributed by atoms with E-state index in [1.54, 1.807) is 19.9 Å². The number of hydrogen-bond donors (Lipinski definition) is 3. The molecule has 0 aliphatic carbocycles. The molecule has 0 saturated carbocycles. The molecule has 0 aliphatic rings.